The molecule has 104 valence electrons. The number of nitrogens with zero attached hydrogens (tertiary/aromatic N) is 1. The number of carbonyl (C=O) groups is 2. The average Bonchev–Trinajstić information content (AvgIpc) is 2.38. The second-order valence-corrected chi connectivity index (χ2v) is 4.58. The van der Waals surface area contributed by atoms with Crippen LogP contribution in [0.1, 0.15) is 27.9 Å². The van der Waals surface area contributed by atoms with Gasteiger partial charge < -0.3 is 15.4 Å². The standard InChI is InChI=1S/C14H20N2O3/c1-9-7-10(2)12(15)8-11(9)14(18)16(3)6-5-13(17)19-4/h7-8H,5-6,15H2,1-4H3. The van der Waals surface area contributed by atoms with E-state index >= 15 is 0 Å². The van der Waals surface area contributed by atoms with Gasteiger partial charge in [0.25, 0.3) is 5.91 Å². The lowest BCUT2D eigenvalue weighted by atomic mass is 10.0. The van der Waals surface area contributed by atoms with Gasteiger partial charge in [0.05, 0.1) is 13.5 Å². The van der Waals surface area contributed by atoms with Crippen LogP contribution in [0.2, 0.25) is 0 Å². The first-order valence-corrected chi connectivity index (χ1v) is 6.05. The molecule has 0 saturated heterocycles. The average molecular weight is 264 g/mol. The fraction of sp³-hybridized carbons (Fsp3) is 0.429. The quantitative estimate of drug-likeness (QED) is 0.661. The third kappa shape index (κ3) is 3.71. The van der Waals surface area contributed by atoms with Crippen LogP contribution < -0.4 is 5.73 Å². The van der Waals surface area contributed by atoms with Gasteiger partial charge in [0.2, 0.25) is 0 Å². The van der Waals surface area contributed by atoms with Gasteiger partial charge in [-0.15, -0.1) is 0 Å². The molecule has 0 fully saturated rings. The van der Waals surface area contributed by atoms with Crippen LogP contribution in [-0.4, -0.2) is 37.5 Å². The van der Waals surface area contributed by atoms with Gasteiger partial charge in [-0.05, 0) is 31.0 Å². The zero-order chi connectivity index (χ0) is 14.6. The van der Waals surface area contributed by atoms with Crippen molar-refractivity contribution in [2.24, 2.45) is 0 Å². The number of ether oxygens (including phenoxy) is 1. The Morgan fingerprint density at radius 2 is 1.89 bits per heavy atom. The number of methoxy groups -OCH3 is 1. The van der Waals surface area contributed by atoms with Crippen molar-refractivity contribution in [3.05, 3.63) is 28.8 Å². The fourth-order valence-corrected chi connectivity index (χ4v) is 1.77. The maximum absolute atomic E-state index is 12.2. The van der Waals surface area contributed by atoms with Gasteiger partial charge in [-0.25, -0.2) is 0 Å². The minimum Gasteiger partial charge on any atom is -0.469 e. The van der Waals surface area contributed by atoms with Gasteiger partial charge in [-0.2, -0.15) is 0 Å². The lowest BCUT2D eigenvalue weighted by Crippen LogP contribution is -2.30. The number of benzene rings is 1. The van der Waals surface area contributed by atoms with Crippen LogP contribution in [-0.2, 0) is 9.53 Å². The molecule has 1 rings (SSSR count). The Bertz CT molecular complexity index is 498. The molecule has 0 atom stereocenters. The summed E-state index contributed by atoms with van der Waals surface area (Å²) in [6, 6.07) is 3.57. The molecule has 0 unspecified atom stereocenters. The van der Waals surface area contributed by atoms with Crippen molar-refractivity contribution in [2.45, 2.75) is 20.3 Å². The SMILES string of the molecule is COC(=O)CCN(C)C(=O)c1cc(N)c(C)cc1C. The predicted molar refractivity (Wildman–Crippen MR) is 73.9 cm³/mol. The van der Waals surface area contributed by atoms with Crippen LogP contribution in [0.25, 0.3) is 0 Å². The highest BCUT2D eigenvalue weighted by atomic mass is 16.5. The van der Waals surface area contributed by atoms with Crippen molar-refractivity contribution in [1.29, 1.82) is 0 Å². The molecule has 0 aliphatic rings. The first kappa shape index (κ1) is 15.0. The predicted octanol–water partition coefficient (Wildman–Crippen LogP) is 1.52. The van der Waals surface area contributed by atoms with Crippen molar-refractivity contribution in [3.8, 4) is 0 Å². The molecule has 1 amide bonds. The molecule has 0 spiro atoms. The summed E-state index contributed by atoms with van der Waals surface area (Å²) in [5.74, 6) is -0.479. The maximum Gasteiger partial charge on any atom is 0.307 e. The van der Waals surface area contributed by atoms with Crippen LogP contribution in [0.5, 0.6) is 0 Å². The molecule has 0 aromatic heterocycles. The lowest BCUT2D eigenvalue weighted by Gasteiger charge is -2.18. The third-order valence-corrected chi connectivity index (χ3v) is 3.07. The summed E-state index contributed by atoms with van der Waals surface area (Å²) in [5.41, 5.74) is 8.81. The van der Waals surface area contributed by atoms with E-state index < -0.39 is 0 Å². The van der Waals surface area contributed by atoms with Crippen molar-refractivity contribution in [2.75, 3.05) is 26.4 Å². The minimum atomic E-state index is -0.334. The normalized spacial score (nSPS) is 10.1. The molecule has 0 aliphatic carbocycles. The summed E-state index contributed by atoms with van der Waals surface area (Å²) in [4.78, 5) is 24.8. The van der Waals surface area contributed by atoms with Gasteiger partial charge >= 0.3 is 5.97 Å². The fourth-order valence-electron chi connectivity index (χ4n) is 1.77. The second-order valence-electron chi connectivity index (χ2n) is 4.58. The van der Waals surface area contributed by atoms with Gasteiger partial charge in [-0.3, -0.25) is 9.59 Å². The van der Waals surface area contributed by atoms with Crippen LogP contribution >= 0.6 is 0 Å². The van der Waals surface area contributed by atoms with Crippen LogP contribution in [0.4, 0.5) is 5.69 Å². The van der Waals surface area contributed by atoms with Crippen molar-refractivity contribution in [3.63, 3.8) is 0 Å². The Labute approximate surface area is 113 Å². The topological polar surface area (TPSA) is 72.6 Å². The van der Waals surface area contributed by atoms with Crippen LogP contribution in [0, 0.1) is 13.8 Å². The summed E-state index contributed by atoms with van der Waals surface area (Å²) in [7, 11) is 2.98. The van der Waals surface area contributed by atoms with Crippen molar-refractivity contribution >= 4 is 17.6 Å². The van der Waals surface area contributed by atoms with Gasteiger partial charge in [-0.1, -0.05) is 6.07 Å². The summed E-state index contributed by atoms with van der Waals surface area (Å²) in [5, 5.41) is 0. The Balaban J connectivity index is 2.82. The Morgan fingerprint density at radius 1 is 1.26 bits per heavy atom. The highest BCUT2D eigenvalue weighted by Crippen LogP contribution is 2.19. The Kier molecular flexibility index (Phi) is 4.92. The van der Waals surface area contributed by atoms with Gasteiger partial charge in [0, 0.05) is 24.8 Å². The number of nitrogens with two attached hydrogens (primary N) is 1. The van der Waals surface area contributed by atoms with E-state index in [1.54, 1.807) is 13.1 Å². The van der Waals surface area contributed by atoms with E-state index in [0.717, 1.165) is 11.1 Å². The molecule has 5 heteroatoms. The monoisotopic (exact) mass is 264 g/mol. The highest BCUT2D eigenvalue weighted by molar-refractivity contribution is 5.96. The molecule has 0 heterocycles. The molecule has 0 bridgehead atoms. The van der Waals surface area contributed by atoms with E-state index in [1.807, 2.05) is 19.9 Å². The first-order chi connectivity index (χ1) is 8.86. The molecule has 2 N–H and O–H groups in total. The first-order valence-electron chi connectivity index (χ1n) is 6.05. The van der Waals surface area contributed by atoms with Crippen LogP contribution in [0.15, 0.2) is 12.1 Å². The number of nitrogen functional groups attached to an aromatic ring is 1. The Hall–Kier alpha value is -2.04. The van der Waals surface area contributed by atoms with Crippen molar-refractivity contribution < 1.29 is 14.3 Å². The van der Waals surface area contributed by atoms with Gasteiger partial charge in [0.1, 0.15) is 0 Å². The highest BCUT2D eigenvalue weighted by Gasteiger charge is 2.16. The minimum absolute atomic E-state index is 0.145. The Morgan fingerprint density at radius 3 is 2.47 bits per heavy atom. The summed E-state index contributed by atoms with van der Waals surface area (Å²) in [6.07, 6.45) is 0.180. The molecule has 0 aliphatic heterocycles. The van der Waals surface area contributed by atoms with E-state index in [1.165, 1.54) is 12.0 Å². The summed E-state index contributed by atoms with van der Waals surface area (Å²) < 4.78 is 4.55. The number of hydrogen-bond acceptors (Lipinski definition) is 4. The third-order valence-electron chi connectivity index (χ3n) is 3.07. The number of hydrogen-bond donors (Lipinski definition) is 1. The molecule has 1 aromatic rings. The molecular weight excluding hydrogens is 244 g/mol. The largest absolute Gasteiger partial charge is 0.469 e. The van der Waals surface area contributed by atoms with Gasteiger partial charge in [0.15, 0.2) is 0 Å². The molecule has 19 heavy (non-hydrogen) atoms. The molecular formula is C14H20N2O3. The van der Waals surface area contributed by atoms with E-state index in [2.05, 4.69) is 4.74 Å². The number of amides is 1. The number of esters is 1. The number of anilines is 1. The number of aryl methyl sites for hydroxylation is 2. The van der Waals surface area contributed by atoms with E-state index in [0.29, 0.717) is 17.8 Å². The molecule has 5 nitrogen and oxygen atoms in total. The second kappa shape index (κ2) is 6.22. The van der Waals surface area contributed by atoms with Crippen LogP contribution in [0.3, 0.4) is 0 Å². The lowest BCUT2D eigenvalue weighted by molar-refractivity contribution is -0.140. The summed E-state index contributed by atoms with van der Waals surface area (Å²) in [6.45, 7) is 4.09. The van der Waals surface area contributed by atoms with E-state index in [4.69, 9.17) is 5.73 Å². The molecule has 1 aromatic carbocycles. The zero-order valence-electron chi connectivity index (χ0n) is 11.8. The van der Waals surface area contributed by atoms with E-state index in [9.17, 15) is 9.59 Å². The zero-order valence-corrected chi connectivity index (χ0v) is 11.8. The molecule has 0 saturated carbocycles. The summed E-state index contributed by atoms with van der Waals surface area (Å²) >= 11 is 0. The number of rotatable bonds is 4. The van der Waals surface area contributed by atoms with E-state index in [-0.39, 0.29) is 18.3 Å². The smallest absolute Gasteiger partial charge is 0.307 e. The number of carbonyl (C=O) groups excluding carboxylic acids is 2. The van der Waals surface area contributed by atoms with Crippen molar-refractivity contribution in [1.82, 2.24) is 4.90 Å². The maximum atomic E-state index is 12.2. The molecule has 0 radical (unpaired) electrons.